The maximum Gasteiger partial charge on any atom is 0.352 e. The smallest absolute Gasteiger partial charge is 0.352 e. The largest absolute Gasteiger partial charge is 0.477 e. The molecule has 1 aromatic rings. The Bertz CT molecular complexity index is 302. The number of carboxylic acids is 1. The molecule has 13 heavy (non-hydrogen) atoms. The van der Waals surface area contributed by atoms with E-state index in [9.17, 15) is 4.79 Å². The number of aromatic carboxylic acids is 1. The summed E-state index contributed by atoms with van der Waals surface area (Å²) < 4.78 is 1.88. The predicted octanol–water partition coefficient (Wildman–Crippen LogP) is 2.16. The van der Waals surface area contributed by atoms with Gasteiger partial charge in [-0.25, -0.2) is 4.79 Å². The first-order valence-electron chi connectivity index (χ1n) is 4.62. The molecule has 0 fully saturated rings. The highest BCUT2D eigenvalue weighted by Gasteiger charge is 2.11. The van der Waals surface area contributed by atoms with Crippen LogP contribution in [0, 0.1) is 0 Å². The van der Waals surface area contributed by atoms with E-state index in [1.807, 2.05) is 24.5 Å². The highest BCUT2D eigenvalue weighted by molar-refractivity contribution is 5.86. The van der Waals surface area contributed by atoms with E-state index in [-0.39, 0.29) is 0 Å². The van der Waals surface area contributed by atoms with Crippen LogP contribution >= 0.6 is 0 Å². The van der Waals surface area contributed by atoms with Crippen molar-refractivity contribution in [3.8, 4) is 0 Å². The quantitative estimate of drug-likeness (QED) is 0.773. The highest BCUT2D eigenvalue weighted by Crippen LogP contribution is 2.10. The third-order valence-electron chi connectivity index (χ3n) is 2.10. The van der Waals surface area contributed by atoms with E-state index >= 15 is 0 Å². The first-order valence-corrected chi connectivity index (χ1v) is 4.62. The molecule has 1 aromatic heterocycles. The maximum atomic E-state index is 10.8. The fourth-order valence-electron chi connectivity index (χ4n) is 1.49. The molecule has 0 aliphatic carbocycles. The first kappa shape index (κ1) is 9.84. The van der Waals surface area contributed by atoms with Crippen LogP contribution in [0.4, 0.5) is 0 Å². The summed E-state index contributed by atoms with van der Waals surface area (Å²) in [7, 11) is 0. The van der Waals surface area contributed by atoms with E-state index in [0.29, 0.717) is 5.69 Å². The fraction of sp³-hybridized carbons (Fsp3) is 0.500. The summed E-state index contributed by atoms with van der Waals surface area (Å²) in [5, 5.41) is 8.88. The number of hydrogen-bond donors (Lipinski definition) is 1. The molecule has 0 aromatic carbocycles. The summed E-state index contributed by atoms with van der Waals surface area (Å²) in [4.78, 5) is 10.8. The molecular weight excluding hydrogens is 166 g/mol. The monoisotopic (exact) mass is 181 g/mol. The van der Waals surface area contributed by atoms with Crippen molar-refractivity contribution >= 4 is 5.97 Å². The van der Waals surface area contributed by atoms with Crippen molar-refractivity contribution in [2.45, 2.75) is 33.2 Å². The van der Waals surface area contributed by atoms with Crippen molar-refractivity contribution in [3.05, 3.63) is 23.5 Å². The molecule has 0 unspecified atom stereocenters. The SMILES string of the molecule is CCCn1c(CC)ccc1C(=O)O. The lowest BCUT2D eigenvalue weighted by Crippen LogP contribution is -2.10. The number of nitrogens with zero attached hydrogens (tertiary/aromatic N) is 1. The minimum absolute atomic E-state index is 0.402. The topological polar surface area (TPSA) is 42.2 Å². The molecule has 0 aliphatic heterocycles. The van der Waals surface area contributed by atoms with Crippen LogP contribution in [0.5, 0.6) is 0 Å². The van der Waals surface area contributed by atoms with Crippen LogP contribution < -0.4 is 0 Å². The lowest BCUT2D eigenvalue weighted by Gasteiger charge is -2.08. The Hall–Kier alpha value is -1.25. The molecule has 0 saturated carbocycles. The molecule has 3 heteroatoms. The van der Waals surface area contributed by atoms with Crippen LogP contribution in [0.3, 0.4) is 0 Å². The van der Waals surface area contributed by atoms with Crippen LogP contribution in [-0.2, 0) is 13.0 Å². The Morgan fingerprint density at radius 1 is 1.46 bits per heavy atom. The third kappa shape index (κ3) is 1.91. The number of hydrogen-bond acceptors (Lipinski definition) is 1. The average Bonchev–Trinajstić information content (AvgIpc) is 2.48. The Kier molecular flexibility index (Phi) is 3.12. The van der Waals surface area contributed by atoms with Crippen LogP contribution in [-0.4, -0.2) is 15.6 Å². The molecule has 0 spiro atoms. The fourth-order valence-corrected chi connectivity index (χ4v) is 1.49. The summed E-state index contributed by atoms with van der Waals surface area (Å²) in [6.45, 7) is 4.87. The average molecular weight is 181 g/mol. The summed E-state index contributed by atoms with van der Waals surface area (Å²) in [5.74, 6) is -0.840. The molecule has 0 amide bonds. The zero-order valence-electron chi connectivity index (χ0n) is 8.08. The summed E-state index contributed by atoms with van der Waals surface area (Å²) in [5.41, 5.74) is 1.50. The highest BCUT2D eigenvalue weighted by atomic mass is 16.4. The molecular formula is C10H15NO2. The van der Waals surface area contributed by atoms with Crippen molar-refractivity contribution in [1.29, 1.82) is 0 Å². The number of rotatable bonds is 4. The van der Waals surface area contributed by atoms with Crippen molar-refractivity contribution in [2.24, 2.45) is 0 Å². The molecule has 0 atom stereocenters. The number of aryl methyl sites for hydroxylation is 1. The lowest BCUT2D eigenvalue weighted by molar-refractivity contribution is 0.0684. The van der Waals surface area contributed by atoms with Crippen LogP contribution in [0.1, 0.15) is 36.5 Å². The lowest BCUT2D eigenvalue weighted by atomic mass is 10.3. The number of carbonyl (C=O) groups is 1. The second kappa shape index (κ2) is 4.12. The summed E-state index contributed by atoms with van der Waals surface area (Å²) >= 11 is 0. The molecule has 1 heterocycles. The molecule has 0 radical (unpaired) electrons. The molecule has 0 bridgehead atoms. The van der Waals surface area contributed by atoms with Gasteiger partial charge in [-0.05, 0) is 25.0 Å². The summed E-state index contributed by atoms with van der Waals surface area (Å²) in [6, 6.07) is 3.57. The van der Waals surface area contributed by atoms with E-state index in [1.54, 1.807) is 6.07 Å². The van der Waals surface area contributed by atoms with Crippen LogP contribution in [0.15, 0.2) is 12.1 Å². The van der Waals surface area contributed by atoms with Crippen molar-refractivity contribution in [2.75, 3.05) is 0 Å². The molecule has 0 aliphatic rings. The minimum Gasteiger partial charge on any atom is -0.477 e. The van der Waals surface area contributed by atoms with E-state index in [0.717, 1.165) is 25.1 Å². The van der Waals surface area contributed by atoms with Gasteiger partial charge in [0.15, 0.2) is 0 Å². The summed E-state index contributed by atoms with van der Waals surface area (Å²) in [6.07, 6.45) is 1.84. The Labute approximate surface area is 78.0 Å². The van der Waals surface area contributed by atoms with Crippen LogP contribution in [0.25, 0.3) is 0 Å². The zero-order chi connectivity index (χ0) is 9.84. The number of carboxylic acid groups (broad SMARTS) is 1. The first-order chi connectivity index (χ1) is 6.20. The molecule has 0 saturated heterocycles. The van der Waals surface area contributed by atoms with E-state index in [4.69, 9.17) is 5.11 Å². The minimum atomic E-state index is -0.840. The zero-order valence-corrected chi connectivity index (χ0v) is 8.08. The second-order valence-electron chi connectivity index (χ2n) is 3.02. The number of aromatic nitrogens is 1. The van der Waals surface area contributed by atoms with Crippen molar-refractivity contribution in [3.63, 3.8) is 0 Å². The van der Waals surface area contributed by atoms with Gasteiger partial charge in [0, 0.05) is 12.2 Å². The predicted molar refractivity (Wildman–Crippen MR) is 51.1 cm³/mol. The van der Waals surface area contributed by atoms with Crippen molar-refractivity contribution in [1.82, 2.24) is 4.57 Å². The van der Waals surface area contributed by atoms with Gasteiger partial charge in [-0.3, -0.25) is 0 Å². The van der Waals surface area contributed by atoms with E-state index < -0.39 is 5.97 Å². The standard InChI is InChI=1S/C10H15NO2/c1-3-7-11-8(4-2)5-6-9(11)10(12)13/h5-6H,3-4,7H2,1-2H3,(H,12,13). The normalized spacial score (nSPS) is 10.3. The molecule has 72 valence electrons. The van der Waals surface area contributed by atoms with Crippen LogP contribution in [0.2, 0.25) is 0 Å². The van der Waals surface area contributed by atoms with Gasteiger partial charge < -0.3 is 9.67 Å². The van der Waals surface area contributed by atoms with Gasteiger partial charge in [-0.2, -0.15) is 0 Å². The van der Waals surface area contributed by atoms with E-state index in [1.165, 1.54) is 0 Å². The van der Waals surface area contributed by atoms with Gasteiger partial charge in [0.25, 0.3) is 0 Å². The van der Waals surface area contributed by atoms with Gasteiger partial charge in [0.2, 0.25) is 0 Å². The van der Waals surface area contributed by atoms with E-state index in [2.05, 4.69) is 0 Å². The van der Waals surface area contributed by atoms with Gasteiger partial charge in [-0.15, -0.1) is 0 Å². The van der Waals surface area contributed by atoms with Gasteiger partial charge in [0.05, 0.1) is 0 Å². The molecule has 1 N–H and O–H groups in total. The Morgan fingerprint density at radius 3 is 2.62 bits per heavy atom. The molecule has 3 nitrogen and oxygen atoms in total. The Morgan fingerprint density at radius 2 is 2.15 bits per heavy atom. The molecule has 1 rings (SSSR count). The van der Waals surface area contributed by atoms with Gasteiger partial charge in [0.1, 0.15) is 5.69 Å². The Balaban J connectivity index is 3.06. The van der Waals surface area contributed by atoms with Crippen molar-refractivity contribution < 1.29 is 9.90 Å². The second-order valence-corrected chi connectivity index (χ2v) is 3.02. The maximum absolute atomic E-state index is 10.8. The third-order valence-corrected chi connectivity index (χ3v) is 2.10. The van der Waals surface area contributed by atoms with Gasteiger partial charge in [-0.1, -0.05) is 13.8 Å². The van der Waals surface area contributed by atoms with Gasteiger partial charge >= 0.3 is 5.97 Å².